The summed E-state index contributed by atoms with van der Waals surface area (Å²) in [6, 6.07) is 11.5. The van der Waals surface area contributed by atoms with E-state index < -0.39 is 0 Å². The Hall–Kier alpha value is -2.14. The predicted molar refractivity (Wildman–Crippen MR) is 81.2 cm³/mol. The molecule has 20 heavy (non-hydrogen) atoms. The number of hydrogen-bond donors (Lipinski definition) is 3. The Morgan fingerprint density at radius 3 is 2.70 bits per heavy atom. The summed E-state index contributed by atoms with van der Waals surface area (Å²) in [6.45, 7) is 3.02. The van der Waals surface area contributed by atoms with Gasteiger partial charge in [-0.25, -0.2) is 9.97 Å². The second-order valence-corrected chi connectivity index (χ2v) is 4.87. The van der Waals surface area contributed by atoms with Crippen molar-refractivity contribution in [3.63, 3.8) is 0 Å². The zero-order chi connectivity index (χ0) is 14.4. The summed E-state index contributed by atoms with van der Waals surface area (Å²) < 4.78 is 0. The summed E-state index contributed by atoms with van der Waals surface area (Å²) >= 11 is 0. The van der Waals surface area contributed by atoms with Crippen molar-refractivity contribution in [2.24, 2.45) is 5.92 Å². The molecule has 1 unspecified atom stereocenters. The second-order valence-electron chi connectivity index (χ2n) is 4.87. The van der Waals surface area contributed by atoms with Crippen molar-refractivity contribution in [1.82, 2.24) is 9.97 Å². The van der Waals surface area contributed by atoms with Crippen molar-refractivity contribution in [2.75, 3.05) is 24.2 Å². The van der Waals surface area contributed by atoms with Crippen LogP contribution in [0.5, 0.6) is 0 Å². The summed E-state index contributed by atoms with van der Waals surface area (Å²) in [4.78, 5) is 8.73. The highest BCUT2D eigenvalue weighted by atomic mass is 16.3. The Labute approximate surface area is 118 Å². The number of benzene rings is 1. The molecule has 1 aromatic heterocycles. The molecular formula is C15H20N4O. The Bertz CT molecular complexity index is 545. The van der Waals surface area contributed by atoms with Crippen LogP contribution in [0.25, 0.3) is 11.4 Å². The lowest BCUT2D eigenvalue weighted by molar-refractivity contribution is 0.266. The standard InChI is InChI=1S/C15H20N4O/c1-11(7-8-20)10-17-14-9-13(16)18-15(19-14)12-5-3-2-4-6-12/h2-6,9,11,20H,7-8,10H2,1H3,(H3,16,17,18,19). The van der Waals surface area contributed by atoms with Crippen LogP contribution in [-0.4, -0.2) is 28.2 Å². The molecule has 1 heterocycles. The zero-order valence-corrected chi connectivity index (χ0v) is 11.6. The first-order chi connectivity index (χ1) is 9.69. The van der Waals surface area contributed by atoms with Crippen molar-refractivity contribution in [1.29, 1.82) is 0 Å². The van der Waals surface area contributed by atoms with E-state index in [1.807, 2.05) is 30.3 Å². The van der Waals surface area contributed by atoms with Gasteiger partial charge >= 0.3 is 0 Å². The van der Waals surface area contributed by atoms with Gasteiger partial charge in [-0.2, -0.15) is 0 Å². The molecule has 0 aliphatic rings. The summed E-state index contributed by atoms with van der Waals surface area (Å²) in [5.74, 6) is 2.14. The molecule has 5 nitrogen and oxygen atoms in total. The van der Waals surface area contributed by atoms with E-state index in [0.29, 0.717) is 23.4 Å². The molecule has 106 valence electrons. The number of rotatable bonds is 6. The zero-order valence-electron chi connectivity index (χ0n) is 11.6. The van der Waals surface area contributed by atoms with Crippen LogP contribution in [0, 0.1) is 5.92 Å². The van der Waals surface area contributed by atoms with Crippen molar-refractivity contribution >= 4 is 11.6 Å². The molecular weight excluding hydrogens is 252 g/mol. The first-order valence-corrected chi connectivity index (χ1v) is 6.73. The Balaban J connectivity index is 2.13. The van der Waals surface area contributed by atoms with Gasteiger partial charge in [-0.15, -0.1) is 0 Å². The number of nitrogens with zero attached hydrogens (tertiary/aromatic N) is 2. The maximum Gasteiger partial charge on any atom is 0.163 e. The van der Waals surface area contributed by atoms with Crippen LogP contribution in [0.15, 0.2) is 36.4 Å². The largest absolute Gasteiger partial charge is 0.396 e. The van der Waals surface area contributed by atoms with Crippen LogP contribution < -0.4 is 11.1 Å². The summed E-state index contributed by atoms with van der Waals surface area (Å²) in [6.07, 6.45) is 0.763. The van der Waals surface area contributed by atoms with Crippen LogP contribution in [0.2, 0.25) is 0 Å². The van der Waals surface area contributed by atoms with Gasteiger partial charge in [-0.05, 0) is 12.3 Å². The van der Waals surface area contributed by atoms with Gasteiger partial charge in [-0.3, -0.25) is 0 Å². The van der Waals surface area contributed by atoms with Gasteiger partial charge in [0.1, 0.15) is 11.6 Å². The molecule has 1 aromatic carbocycles. The van der Waals surface area contributed by atoms with E-state index in [0.717, 1.165) is 18.5 Å². The number of nitrogens with one attached hydrogen (secondary N) is 1. The topological polar surface area (TPSA) is 84.1 Å². The van der Waals surface area contributed by atoms with Crippen molar-refractivity contribution in [3.05, 3.63) is 36.4 Å². The molecule has 0 radical (unpaired) electrons. The summed E-state index contributed by atoms with van der Waals surface area (Å²) in [7, 11) is 0. The van der Waals surface area contributed by atoms with Crippen LogP contribution in [0.1, 0.15) is 13.3 Å². The molecule has 0 saturated heterocycles. The molecule has 0 aliphatic carbocycles. The monoisotopic (exact) mass is 272 g/mol. The van der Waals surface area contributed by atoms with Gasteiger partial charge in [-0.1, -0.05) is 37.3 Å². The van der Waals surface area contributed by atoms with Gasteiger partial charge in [0.15, 0.2) is 5.82 Å². The van der Waals surface area contributed by atoms with Crippen molar-refractivity contribution in [3.8, 4) is 11.4 Å². The smallest absolute Gasteiger partial charge is 0.163 e. The SMILES string of the molecule is CC(CCO)CNc1cc(N)nc(-c2ccccc2)n1. The highest BCUT2D eigenvalue weighted by molar-refractivity contribution is 5.60. The molecule has 0 bridgehead atoms. The number of anilines is 2. The first-order valence-electron chi connectivity index (χ1n) is 6.73. The molecule has 1 atom stereocenters. The van der Waals surface area contributed by atoms with Gasteiger partial charge in [0.05, 0.1) is 0 Å². The highest BCUT2D eigenvalue weighted by Crippen LogP contribution is 2.18. The predicted octanol–water partition coefficient (Wildman–Crippen LogP) is 2.16. The Morgan fingerprint density at radius 2 is 2.00 bits per heavy atom. The number of aliphatic hydroxyl groups is 1. The van der Waals surface area contributed by atoms with Crippen LogP contribution in [0.3, 0.4) is 0 Å². The molecule has 0 amide bonds. The van der Waals surface area contributed by atoms with E-state index in [2.05, 4.69) is 22.2 Å². The average Bonchev–Trinajstić information content (AvgIpc) is 2.46. The molecule has 0 spiro atoms. The number of aliphatic hydroxyl groups excluding tert-OH is 1. The van der Waals surface area contributed by atoms with E-state index >= 15 is 0 Å². The van der Waals surface area contributed by atoms with Crippen LogP contribution in [0.4, 0.5) is 11.6 Å². The molecule has 2 rings (SSSR count). The average molecular weight is 272 g/mol. The molecule has 0 aliphatic heterocycles. The Morgan fingerprint density at radius 1 is 1.25 bits per heavy atom. The minimum Gasteiger partial charge on any atom is -0.396 e. The molecule has 5 heteroatoms. The second kappa shape index (κ2) is 6.86. The van der Waals surface area contributed by atoms with Gasteiger partial charge in [0.2, 0.25) is 0 Å². The van der Waals surface area contributed by atoms with Crippen LogP contribution in [-0.2, 0) is 0 Å². The van der Waals surface area contributed by atoms with Crippen molar-refractivity contribution < 1.29 is 5.11 Å². The molecule has 0 saturated carbocycles. The fourth-order valence-electron chi connectivity index (χ4n) is 1.87. The third-order valence-corrected chi connectivity index (χ3v) is 3.03. The lowest BCUT2D eigenvalue weighted by Crippen LogP contribution is -2.14. The third kappa shape index (κ3) is 3.93. The number of nitrogens with two attached hydrogens (primary N) is 1. The maximum atomic E-state index is 8.90. The fraction of sp³-hybridized carbons (Fsp3) is 0.333. The van der Waals surface area contributed by atoms with E-state index in [1.54, 1.807) is 6.07 Å². The highest BCUT2D eigenvalue weighted by Gasteiger charge is 2.06. The van der Waals surface area contributed by atoms with E-state index in [9.17, 15) is 0 Å². The number of aromatic nitrogens is 2. The van der Waals surface area contributed by atoms with Gasteiger partial charge < -0.3 is 16.2 Å². The molecule has 0 fully saturated rings. The normalized spacial score (nSPS) is 12.1. The third-order valence-electron chi connectivity index (χ3n) is 3.03. The van der Waals surface area contributed by atoms with E-state index in [1.165, 1.54) is 0 Å². The lowest BCUT2D eigenvalue weighted by Gasteiger charge is -2.12. The summed E-state index contributed by atoms with van der Waals surface area (Å²) in [5, 5.41) is 12.1. The van der Waals surface area contributed by atoms with E-state index in [4.69, 9.17) is 10.8 Å². The Kier molecular flexibility index (Phi) is 4.90. The fourth-order valence-corrected chi connectivity index (χ4v) is 1.87. The quantitative estimate of drug-likeness (QED) is 0.750. The first kappa shape index (κ1) is 14.3. The van der Waals surface area contributed by atoms with E-state index in [-0.39, 0.29) is 6.61 Å². The maximum absolute atomic E-state index is 8.90. The minimum atomic E-state index is 0.198. The number of nitrogen functional groups attached to an aromatic ring is 1. The minimum absolute atomic E-state index is 0.198. The van der Waals surface area contributed by atoms with Gasteiger partial charge in [0, 0.05) is 24.8 Å². The van der Waals surface area contributed by atoms with Crippen LogP contribution >= 0.6 is 0 Å². The van der Waals surface area contributed by atoms with Crippen molar-refractivity contribution in [2.45, 2.75) is 13.3 Å². The summed E-state index contributed by atoms with van der Waals surface area (Å²) in [5.41, 5.74) is 6.77. The number of hydrogen-bond acceptors (Lipinski definition) is 5. The molecule has 4 N–H and O–H groups in total. The lowest BCUT2D eigenvalue weighted by atomic mass is 10.1. The van der Waals surface area contributed by atoms with Gasteiger partial charge in [0.25, 0.3) is 0 Å². The molecule has 2 aromatic rings.